The third kappa shape index (κ3) is 2.88. The first-order valence-corrected chi connectivity index (χ1v) is 6.42. The van der Waals surface area contributed by atoms with Crippen LogP contribution in [0.15, 0.2) is 24.3 Å². The molecule has 20 heavy (non-hydrogen) atoms. The summed E-state index contributed by atoms with van der Waals surface area (Å²) in [7, 11) is 3.48. The van der Waals surface area contributed by atoms with Gasteiger partial charge in [0.25, 0.3) is 5.91 Å². The normalized spacial score (nSPS) is 10.6. The summed E-state index contributed by atoms with van der Waals surface area (Å²) in [6.45, 7) is 4.24. The van der Waals surface area contributed by atoms with Crippen LogP contribution in [0.1, 0.15) is 27.3 Å². The Balaban J connectivity index is 2.21. The largest absolute Gasteiger partial charge is 0.380 e. The van der Waals surface area contributed by atoms with Gasteiger partial charge in [-0.3, -0.25) is 9.48 Å². The van der Waals surface area contributed by atoms with Gasteiger partial charge in [-0.05, 0) is 31.5 Å². The summed E-state index contributed by atoms with van der Waals surface area (Å²) >= 11 is 0. The highest BCUT2D eigenvalue weighted by Crippen LogP contribution is 2.16. The molecule has 0 fully saturated rings. The molecule has 0 spiro atoms. The first kappa shape index (κ1) is 14.3. The van der Waals surface area contributed by atoms with Crippen molar-refractivity contribution in [1.29, 1.82) is 0 Å². The summed E-state index contributed by atoms with van der Waals surface area (Å²) in [5.41, 5.74) is 3.99. The van der Waals surface area contributed by atoms with Crippen molar-refractivity contribution >= 4 is 11.6 Å². The molecule has 0 atom stereocenters. The van der Waals surface area contributed by atoms with E-state index >= 15 is 0 Å². The first-order chi connectivity index (χ1) is 9.52. The minimum Gasteiger partial charge on any atom is -0.380 e. The van der Waals surface area contributed by atoms with Crippen LogP contribution < -0.4 is 5.32 Å². The lowest BCUT2D eigenvalue weighted by Crippen LogP contribution is -2.14. The number of carbonyl (C=O) groups excluding carboxylic acids is 1. The molecule has 0 saturated heterocycles. The highest BCUT2D eigenvalue weighted by atomic mass is 16.5. The Bertz CT molecular complexity index is 632. The van der Waals surface area contributed by atoms with E-state index in [1.807, 2.05) is 45.2 Å². The van der Waals surface area contributed by atoms with E-state index < -0.39 is 0 Å². The zero-order valence-corrected chi connectivity index (χ0v) is 12.2. The van der Waals surface area contributed by atoms with Crippen LogP contribution in [0, 0.1) is 13.8 Å². The van der Waals surface area contributed by atoms with Gasteiger partial charge in [-0.15, -0.1) is 0 Å². The molecule has 2 rings (SSSR count). The van der Waals surface area contributed by atoms with E-state index in [0.29, 0.717) is 12.2 Å². The van der Waals surface area contributed by atoms with Crippen LogP contribution in [-0.2, 0) is 18.4 Å². The highest BCUT2D eigenvalue weighted by Gasteiger charge is 2.17. The van der Waals surface area contributed by atoms with Gasteiger partial charge in [0.1, 0.15) is 0 Å². The van der Waals surface area contributed by atoms with Crippen molar-refractivity contribution in [3.05, 3.63) is 46.8 Å². The first-order valence-electron chi connectivity index (χ1n) is 6.42. The molecule has 0 aliphatic carbocycles. The molecule has 0 aliphatic heterocycles. The van der Waals surface area contributed by atoms with Crippen LogP contribution in [0.3, 0.4) is 0 Å². The van der Waals surface area contributed by atoms with Gasteiger partial charge in [0.15, 0.2) is 0 Å². The number of aryl methyl sites for hydroxylation is 2. The SMILES string of the molecule is COCc1cccc(NC(=O)c2c(C)nn(C)c2C)c1. The topological polar surface area (TPSA) is 56.1 Å². The molecule has 0 bridgehead atoms. The van der Waals surface area contributed by atoms with E-state index in [1.54, 1.807) is 11.8 Å². The summed E-state index contributed by atoms with van der Waals surface area (Å²) in [6, 6.07) is 7.62. The number of aromatic nitrogens is 2. The van der Waals surface area contributed by atoms with Crippen molar-refractivity contribution in [3.63, 3.8) is 0 Å². The Morgan fingerprint density at radius 3 is 2.75 bits per heavy atom. The minimum atomic E-state index is -0.136. The van der Waals surface area contributed by atoms with Crippen molar-refractivity contribution in [2.45, 2.75) is 20.5 Å². The Morgan fingerprint density at radius 1 is 1.40 bits per heavy atom. The average molecular weight is 273 g/mol. The van der Waals surface area contributed by atoms with Gasteiger partial charge in [0, 0.05) is 25.5 Å². The second-order valence-corrected chi connectivity index (χ2v) is 4.76. The molecule has 0 unspecified atom stereocenters. The molecule has 1 amide bonds. The van der Waals surface area contributed by atoms with Gasteiger partial charge >= 0.3 is 0 Å². The Hall–Kier alpha value is -2.14. The number of hydrogen-bond acceptors (Lipinski definition) is 3. The zero-order chi connectivity index (χ0) is 14.7. The average Bonchev–Trinajstić information content (AvgIpc) is 2.64. The van der Waals surface area contributed by atoms with E-state index in [1.165, 1.54) is 0 Å². The number of hydrogen-bond donors (Lipinski definition) is 1. The van der Waals surface area contributed by atoms with E-state index in [0.717, 1.165) is 22.6 Å². The quantitative estimate of drug-likeness (QED) is 0.930. The zero-order valence-electron chi connectivity index (χ0n) is 12.2. The summed E-state index contributed by atoms with van der Waals surface area (Å²) in [5, 5.41) is 7.16. The van der Waals surface area contributed by atoms with Crippen molar-refractivity contribution in [3.8, 4) is 0 Å². The molecule has 1 heterocycles. The van der Waals surface area contributed by atoms with Crippen LogP contribution in [0.2, 0.25) is 0 Å². The van der Waals surface area contributed by atoms with Crippen LogP contribution in [0.4, 0.5) is 5.69 Å². The van der Waals surface area contributed by atoms with Gasteiger partial charge in [0.2, 0.25) is 0 Å². The number of amides is 1. The number of methoxy groups -OCH3 is 1. The lowest BCUT2D eigenvalue weighted by molar-refractivity contribution is 0.102. The number of carbonyl (C=O) groups is 1. The minimum absolute atomic E-state index is 0.136. The van der Waals surface area contributed by atoms with Gasteiger partial charge in [-0.25, -0.2) is 0 Å². The van der Waals surface area contributed by atoms with E-state index in [2.05, 4.69) is 10.4 Å². The third-order valence-electron chi connectivity index (χ3n) is 3.23. The van der Waals surface area contributed by atoms with E-state index in [9.17, 15) is 4.79 Å². The van der Waals surface area contributed by atoms with Crippen LogP contribution in [-0.4, -0.2) is 22.8 Å². The predicted octanol–water partition coefficient (Wildman–Crippen LogP) is 2.44. The van der Waals surface area contributed by atoms with Crippen molar-refractivity contribution in [2.24, 2.45) is 7.05 Å². The Labute approximate surface area is 118 Å². The third-order valence-corrected chi connectivity index (χ3v) is 3.23. The maximum Gasteiger partial charge on any atom is 0.259 e. The predicted molar refractivity (Wildman–Crippen MR) is 77.8 cm³/mol. The van der Waals surface area contributed by atoms with Crippen LogP contribution in [0.5, 0.6) is 0 Å². The van der Waals surface area contributed by atoms with E-state index in [-0.39, 0.29) is 5.91 Å². The van der Waals surface area contributed by atoms with Gasteiger partial charge in [-0.1, -0.05) is 12.1 Å². The molecule has 0 saturated carbocycles. The lowest BCUT2D eigenvalue weighted by atomic mass is 10.1. The monoisotopic (exact) mass is 273 g/mol. The van der Waals surface area contributed by atoms with Crippen molar-refractivity contribution in [2.75, 3.05) is 12.4 Å². The van der Waals surface area contributed by atoms with Gasteiger partial charge in [0.05, 0.1) is 17.9 Å². The second kappa shape index (κ2) is 5.88. The number of benzene rings is 1. The molecule has 2 aromatic rings. The Kier molecular flexibility index (Phi) is 4.20. The molecule has 5 nitrogen and oxygen atoms in total. The molecular formula is C15H19N3O2. The number of ether oxygens (including phenoxy) is 1. The maximum atomic E-state index is 12.3. The summed E-state index contributed by atoms with van der Waals surface area (Å²) < 4.78 is 6.80. The van der Waals surface area contributed by atoms with Crippen LogP contribution >= 0.6 is 0 Å². The summed E-state index contributed by atoms with van der Waals surface area (Å²) in [4.78, 5) is 12.3. The molecule has 0 radical (unpaired) electrons. The summed E-state index contributed by atoms with van der Waals surface area (Å²) in [5.74, 6) is -0.136. The molecule has 5 heteroatoms. The molecule has 0 aliphatic rings. The van der Waals surface area contributed by atoms with Crippen molar-refractivity contribution < 1.29 is 9.53 Å². The molecule has 1 aromatic carbocycles. The number of nitrogens with one attached hydrogen (secondary N) is 1. The number of nitrogens with zero attached hydrogens (tertiary/aromatic N) is 2. The number of rotatable bonds is 4. The fraction of sp³-hybridized carbons (Fsp3) is 0.333. The van der Waals surface area contributed by atoms with Crippen molar-refractivity contribution in [1.82, 2.24) is 9.78 Å². The van der Waals surface area contributed by atoms with Gasteiger partial charge < -0.3 is 10.1 Å². The highest BCUT2D eigenvalue weighted by molar-refractivity contribution is 6.05. The second-order valence-electron chi connectivity index (χ2n) is 4.76. The molecule has 1 N–H and O–H groups in total. The smallest absolute Gasteiger partial charge is 0.259 e. The summed E-state index contributed by atoms with van der Waals surface area (Å²) in [6.07, 6.45) is 0. The molecule has 1 aromatic heterocycles. The fourth-order valence-corrected chi connectivity index (χ4v) is 2.20. The van der Waals surface area contributed by atoms with Gasteiger partial charge in [-0.2, -0.15) is 5.10 Å². The van der Waals surface area contributed by atoms with Crippen LogP contribution in [0.25, 0.3) is 0 Å². The fourth-order valence-electron chi connectivity index (χ4n) is 2.20. The lowest BCUT2D eigenvalue weighted by Gasteiger charge is -2.07. The maximum absolute atomic E-state index is 12.3. The van der Waals surface area contributed by atoms with E-state index in [4.69, 9.17) is 4.74 Å². The molecular weight excluding hydrogens is 254 g/mol. The number of anilines is 1. The molecule has 106 valence electrons. The Morgan fingerprint density at radius 2 is 2.15 bits per heavy atom. The standard InChI is InChI=1S/C15H19N3O2/c1-10-14(11(2)18(3)17-10)15(19)16-13-7-5-6-12(8-13)9-20-4/h5-8H,9H2,1-4H3,(H,16,19).